The Hall–Kier alpha value is -2.50. The van der Waals surface area contributed by atoms with E-state index < -0.39 is 47.3 Å². The number of ketones is 2. The van der Waals surface area contributed by atoms with E-state index in [1.165, 1.54) is 12.2 Å². The van der Waals surface area contributed by atoms with Crippen molar-refractivity contribution in [3.8, 4) is 0 Å². The van der Waals surface area contributed by atoms with E-state index in [-0.39, 0.29) is 17.1 Å². The molecule has 3 rings (SSSR count). The monoisotopic (exact) mass is 358 g/mol. The molecule has 1 saturated heterocycles. The molecule has 0 aromatic carbocycles. The van der Waals surface area contributed by atoms with E-state index in [2.05, 4.69) is 6.58 Å². The van der Waals surface area contributed by atoms with E-state index in [4.69, 9.17) is 9.47 Å². The predicted octanol–water partition coefficient (Wildman–Crippen LogP) is 1.94. The molecule has 6 atom stereocenters. The molecule has 1 saturated carbocycles. The number of Topliss-reactive ketones (excluding diaryl/α,β-unsaturated/α-hetero) is 1. The molecule has 0 spiro atoms. The molecule has 6 nitrogen and oxygen atoms in total. The average Bonchev–Trinajstić information content (AvgIpc) is 2.99. The minimum atomic E-state index is -1.16. The smallest absolute Gasteiger partial charge is 0.334 e. The minimum Gasteiger partial charge on any atom is -0.457 e. The molecule has 0 aromatic heterocycles. The lowest BCUT2D eigenvalue weighted by Gasteiger charge is -2.38. The molecule has 138 valence electrons. The molecule has 2 aliphatic carbocycles. The lowest BCUT2D eigenvalue weighted by molar-refractivity contribution is -0.160. The highest BCUT2D eigenvalue weighted by molar-refractivity contribution is 6.03. The topological polar surface area (TPSA) is 86.7 Å². The summed E-state index contributed by atoms with van der Waals surface area (Å²) in [5, 5.41) is 0. The van der Waals surface area contributed by atoms with Crippen LogP contribution in [0.25, 0.3) is 0 Å². The summed E-state index contributed by atoms with van der Waals surface area (Å²) in [6.07, 6.45) is 2.33. The van der Waals surface area contributed by atoms with Gasteiger partial charge in [0.2, 0.25) is 0 Å². The summed E-state index contributed by atoms with van der Waals surface area (Å²) in [5.74, 6) is -3.69. The summed E-state index contributed by atoms with van der Waals surface area (Å²) >= 11 is 0. The molecular weight excluding hydrogens is 336 g/mol. The standard InChI is InChI=1S/C20H22O6/c1-9(2)8-14(22)25-18-15-11(4)19(24)26-17(15)16(23)10(3)12-6-7-13(21)20(12,18)5/h6-8,10,12,15,17-18H,4H2,1-3,5H3/t10-,12-,15+,17-,18-,20-/m0/s1. The Morgan fingerprint density at radius 3 is 2.58 bits per heavy atom. The third-order valence-electron chi connectivity index (χ3n) is 5.74. The first-order chi connectivity index (χ1) is 12.1. The second kappa shape index (κ2) is 6.04. The number of esters is 2. The van der Waals surface area contributed by atoms with Crippen LogP contribution in [0.4, 0.5) is 0 Å². The van der Waals surface area contributed by atoms with Crippen molar-refractivity contribution in [2.24, 2.45) is 23.2 Å². The Balaban J connectivity index is 2.14. The SMILES string of the molecule is C=C1C(=O)O[C@@H]2C(=O)[C@@H](C)[C@@H]3C=CC(=O)[C@@]3(C)[C@@H](OC(=O)C=C(C)C)[C@H]12. The molecule has 0 unspecified atom stereocenters. The predicted molar refractivity (Wildman–Crippen MR) is 91.7 cm³/mol. The Morgan fingerprint density at radius 1 is 1.31 bits per heavy atom. The second-order valence-electron chi connectivity index (χ2n) is 7.68. The zero-order valence-corrected chi connectivity index (χ0v) is 15.3. The van der Waals surface area contributed by atoms with Gasteiger partial charge in [0.05, 0.1) is 11.3 Å². The van der Waals surface area contributed by atoms with E-state index in [0.29, 0.717) is 0 Å². The van der Waals surface area contributed by atoms with Gasteiger partial charge in [-0.3, -0.25) is 9.59 Å². The lowest BCUT2D eigenvalue weighted by Crippen LogP contribution is -2.49. The van der Waals surface area contributed by atoms with Gasteiger partial charge < -0.3 is 9.47 Å². The third kappa shape index (κ3) is 2.47. The van der Waals surface area contributed by atoms with Gasteiger partial charge in [-0.05, 0) is 26.8 Å². The first-order valence-electron chi connectivity index (χ1n) is 8.60. The van der Waals surface area contributed by atoms with Crippen LogP contribution in [-0.2, 0) is 28.7 Å². The Labute approximate surface area is 151 Å². The van der Waals surface area contributed by atoms with Gasteiger partial charge in [0, 0.05) is 23.5 Å². The maximum Gasteiger partial charge on any atom is 0.334 e. The highest BCUT2D eigenvalue weighted by Crippen LogP contribution is 2.53. The maximum atomic E-state index is 12.9. The summed E-state index contributed by atoms with van der Waals surface area (Å²) in [6, 6.07) is 0. The second-order valence-corrected chi connectivity index (χ2v) is 7.68. The molecule has 2 fully saturated rings. The first kappa shape index (κ1) is 18.3. The van der Waals surface area contributed by atoms with Crippen molar-refractivity contribution in [3.63, 3.8) is 0 Å². The molecule has 0 aromatic rings. The summed E-state index contributed by atoms with van der Waals surface area (Å²) in [6.45, 7) is 10.6. The van der Waals surface area contributed by atoms with Crippen LogP contribution >= 0.6 is 0 Å². The van der Waals surface area contributed by atoms with Crippen molar-refractivity contribution in [1.29, 1.82) is 0 Å². The zero-order chi connectivity index (χ0) is 19.4. The van der Waals surface area contributed by atoms with Crippen molar-refractivity contribution in [3.05, 3.63) is 36.0 Å². The molecule has 0 amide bonds. The van der Waals surface area contributed by atoms with Crippen molar-refractivity contribution < 1.29 is 28.7 Å². The normalized spacial score (nSPS) is 38.4. The van der Waals surface area contributed by atoms with Crippen molar-refractivity contribution >= 4 is 23.5 Å². The zero-order valence-electron chi connectivity index (χ0n) is 15.3. The molecule has 26 heavy (non-hydrogen) atoms. The molecule has 1 aliphatic heterocycles. The molecule has 3 aliphatic rings. The van der Waals surface area contributed by atoms with Gasteiger partial charge in [0.1, 0.15) is 6.10 Å². The number of rotatable bonds is 2. The van der Waals surface area contributed by atoms with Gasteiger partial charge in [-0.15, -0.1) is 0 Å². The van der Waals surface area contributed by atoms with E-state index in [1.807, 2.05) is 0 Å². The molecular formula is C20H22O6. The van der Waals surface area contributed by atoms with Crippen LogP contribution in [0.15, 0.2) is 36.0 Å². The van der Waals surface area contributed by atoms with Gasteiger partial charge in [-0.25, -0.2) is 9.59 Å². The number of carbonyl (C=O) groups excluding carboxylic acids is 4. The molecule has 0 N–H and O–H groups in total. The van der Waals surface area contributed by atoms with E-state index in [9.17, 15) is 19.2 Å². The fourth-order valence-corrected chi connectivity index (χ4v) is 4.31. The number of hydrogen-bond acceptors (Lipinski definition) is 6. The highest BCUT2D eigenvalue weighted by Gasteiger charge is 2.64. The Morgan fingerprint density at radius 2 is 1.96 bits per heavy atom. The Kier molecular flexibility index (Phi) is 4.25. The van der Waals surface area contributed by atoms with Crippen LogP contribution in [0.3, 0.4) is 0 Å². The number of hydrogen-bond donors (Lipinski definition) is 0. The Bertz CT molecular complexity index is 784. The molecule has 6 heteroatoms. The van der Waals surface area contributed by atoms with E-state index in [0.717, 1.165) is 5.57 Å². The number of ether oxygens (including phenoxy) is 2. The third-order valence-corrected chi connectivity index (χ3v) is 5.74. The van der Waals surface area contributed by atoms with Crippen molar-refractivity contribution in [1.82, 2.24) is 0 Å². The van der Waals surface area contributed by atoms with Crippen LogP contribution in [0.1, 0.15) is 27.7 Å². The summed E-state index contributed by atoms with van der Waals surface area (Å²) in [7, 11) is 0. The first-order valence-corrected chi connectivity index (χ1v) is 8.60. The van der Waals surface area contributed by atoms with Crippen LogP contribution in [0.5, 0.6) is 0 Å². The van der Waals surface area contributed by atoms with E-state index in [1.54, 1.807) is 33.8 Å². The van der Waals surface area contributed by atoms with Crippen LogP contribution < -0.4 is 0 Å². The fourth-order valence-electron chi connectivity index (χ4n) is 4.31. The van der Waals surface area contributed by atoms with Gasteiger partial charge in [-0.2, -0.15) is 0 Å². The number of fused-ring (bicyclic) bond motifs is 2. The van der Waals surface area contributed by atoms with Crippen molar-refractivity contribution in [2.75, 3.05) is 0 Å². The molecule has 0 bridgehead atoms. The van der Waals surface area contributed by atoms with Crippen molar-refractivity contribution in [2.45, 2.75) is 39.9 Å². The summed E-state index contributed by atoms with van der Waals surface area (Å²) < 4.78 is 10.9. The summed E-state index contributed by atoms with van der Waals surface area (Å²) in [4.78, 5) is 50.1. The molecule has 0 radical (unpaired) electrons. The maximum absolute atomic E-state index is 12.9. The van der Waals surface area contributed by atoms with Gasteiger partial charge in [-0.1, -0.05) is 25.2 Å². The minimum absolute atomic E-state index is 0.0622. The average molecular weight is 358 g/mol. The van der Waals surface area contributed by atoms with Crippen LogP contribution in [-0.4, -0.2) is 35.7 Å². The molecule has 1 heterocycles. The fraction of sp³-hybridized carbons (Fsp3) is 0.500. The largest absolute Gasteiger partial charge is 0.457 e. The number of carbonyl (C=O) groups is 4. The van der Waals surface area contributed by atoms with Crippen LogP contribution in [0, 0.1) is 23.2 Å². The van der Waals surface area contributed by atoms with Crippen LogP contribution in [0.2, 0.25) is 0 Å². The quantitative estimate of drug-likeness (QED) is 0.554. The van der Waals surface area contributed by atoms with Gasteiger partial charge in [0.25, 0.3) is 0 Å². The lowest BCUT2D eigenvalue weighted by atomic mass is 9.67. The number of allylic oxidation sites excluding steroid dienone is 3. The van der Waals surface area contributed by atoms with E-state index >= 15 is 0 Å². The highest BCUT2D eigenvalue weighted by atomic mass is 16.6. The van der Waals surface area contributed by atoms with Gasteiger partial charge in [0.15, 0.2) is 17.7 Å². The van der Waals surface area contributed by atoms with Gasteiger partial charge >= 0.3 is 11.9 Å². The summed E-state index contributed by atoms with van der Waals surface area (Å²) in [5.41, 5.74) is -0.358.